The second-order valence-corrected chi connectivity index (χ2v) is 7.10. The third-order valence-electron chi connectivity index (χ3n) is 3.03. The van der Waals surface area contributed by atoms with Gasteiger partial charge in [-0.2, -0.15) is 0 Å². The van der Waals surface area contributed by atoms with E-state index in [1.54, 1.807) is 0 Å². The summed E-state index contributed by atoms with van der Waals surface area (Å²) in [6.07, 6.45) is 0. The van der Waals surface area contributed by atoms with Gasteiger partial charge in [-0.15, -0.1) is 23.2 Å². The van der Waals surface area contributed by atoms with E-state index in [1.807, 2.05) is 0 Å². The highest BCUT2D eigenvalue weighted by Gasteiger charge is 2.80. The molecule has 0 heterocycles. The molecule has 0 aromatic heterocycles. The molecule has 2 atom stereocenters. The van der Waals surface area contributed by atoms with E-state index in [0.29, 0.717) is 0 Å². The van der Waals surface area contributed by atoms with Crippen molar-refractivity contribution in [1.82, 2.24) is 0 Å². The molecule has 0 amide bonds. The molecule has 0 radical (unpaired) electrons. The minimum atomic E-state index is -2.25. The molecule has 0 aromatic carbocycles. The van der Waals surface area contributed by atoms with Crippen LogP contribution in [0.3, 0.4) is 0 Å². The van der Waals surface area contributed by atoms with E-state index < -0.39 is 47.2 Å². The number of aliphatic carboxylic acids is 2. The van der Waals surface area contributed by atoms with Gasteiger partial charge in [0.05, 0.1) is 21.2 Å². The molecule has 0 saturated heterocycles. The second-order valence-electron chi connectivity index (χ2n) is 3.88. The van der Waals surface area contributed by atoms with Gasteiger partial charge in [0.2, 0.25) is 0 Å². The van der Waals surface area contributed by atoms with Gasteiger partial charge in [0.15, 0.2) is 4.33 Å². The van der Waals surface area contributed by atoms with E-state index in [-0.39, 0.29) is 0 Å². The first-order valence-corrected chi connectivity index (χ1v) is 6.76. The summed E-state index contributed by atoms with van der Waals surface area (Å²) >= 11 is 35.9. The molecule has 2 aliphatic rings. The van der Waals surface area contributed by atoms with Crippen molar-refractivity contribution in [3.8, 4) is 0 Å². The van der Waals surface area contributed by atoms with Crippen LogP contribution in [0.25, 0.3) is 0 Å². The lowest BCUT2D eigenvalue weighted by Crippen LogP contribution is -2.46. The van der Waals surface area contributed by atoms with Crippen molar-refractivity contribution in [3.05, 3.63) is 21.2 Å². The first-order valence-electron chi connectivity index (χ1n) is 4.49. The van der Waals surface area contributed by atoms with Crippen LogP contribution in [0, 0.1) is 0 Å². The molecule has 2 aliphatic carbocycles. The summed E-state index contributed by atoms with van der Waals surface area (Å²) in [7, 11) is 0. The smallest absolute Gasteiger partial charge is 0.334 e. The minimum Gasteiger partial charge on any atom is -0.478 e. The summed E-state index contributed by atoms with van der Waals surface area (Å²) < 4.78 is -2.25. The molecule has 2 bridgehead atoms. The number of hydrogen-bond acceptors (Lipinski definition) is 2. The first kappa shape index (κ1) is 15.5. The molecule has 0 aliphatic heterocycles. The predicted molar refractivity (Wildman–Crippen MR) is 72.6 cm³/mol. The Labute approximate surface area is 136 Å². The molecule has 19 heavy (non-hydrogen) atoms. The van der Waals surface area contributed by atoms with Crippen LogP contribution in [0.15, 0.2) is 21.2 Å². The average Bonchev–Trinajstić information content (AvgIpc) is 2.48. The number of rotatable bonds is 2. The van der Waals surface area contributed by atoms with Crippen molar-refractivity contribution in [2.45, 2.75) is 14.1 Å². The molecule has 104 valence electrons. The molecule has 0 saturated carbocycles. The van der Waals surface area contributed by atoms with Crippen molar-refractivity contribution < 1.29 is 19.8 Å². The number of hydrogen-bond donors (Lipinski definition) is 2. The summed E-state index contributed by atoms with van der Waals surface area (Å²) in [6, 6.07) is 0. The zero-order valence-electron chi connectivity index (χ0n) is 8.48. The van der Waals surface area contributed by atoms with E-state index in [1.165, 1.54) is 0 Å². The van der Waals surface area contributed by atoms with Crippen LogP contribution in [-0.2, 0) is 9.59 Å². The number of carboxylic acids is 2. The van der Waals surface area contributed by atoms with Gasteiger partial charge in [0.1, 0.15) is 9.75 Å². The number of carbonyl (C=O) groups is 2. The van der Waals surface area contributed by atoms with Crippen LogP contribution in [0.2, 0.25) is 0 Å². The Morgan fingerprint density at radius 2 is 1.05 bits per heavy atom. The summed E-state index contributed by atoms with van der Waals surface area (Å²) in [4.78, 5) is 18.1. The highest BCUT2D eigenvalue weighted by atomic mass is 35.5. The summed E-state index contributed by atoms with van der Waals surface area (Å²) in [5, 5.41) is 17.5. The minimum absolute atomic E-state index is 0.404. The molecule has 2 rings (SSSR count). The molecule has 10 heteroatoms. The molecular formula is C9H2Cl6O4. The Bertz CT molecular complexity index is 546. The number of carboxylic acid groups (broad SMARTS) is 2. The third-order valence-corrected chi connectivity index (χ3v) is 7.11. The lowest BCUT2D eigenvalue weighted by Gasteiger charge is -2.32. The molecule has 4 nitrogen and oxygen atoms in total. The van der Waals surface area contributed by atoms with Crippen LogP contribution in [-0.4, -0.2) is 36.2 Å². The number of allylic oxidation sites excluding steroid dienone is 2. The van der Waals surface area contributed by atoms with Crippen molar-refractivity contribution >= 4 is 81.5 Å². The SMILES string of the molecule is O=C(O)C1=C(C(=O)O)[C@@]2(Cl)C(Cl)=C(Cl)[C@@]1(Cl)C2(Cl)Cl. The molecule has 0 aromatic rings. The number of fused-ring (bicyclic) bond motifs is 2. The lowest BCUT2D eigenvalue weighted by atomic mass is 9.96. The summed E-state index contributed by atoms with van der Waals surface area (Å²) in [5.41, 5.74) is -1.59. The largest absolute Gasteiger partial charge is 0.478 e. The molecular weight excluding hydrogens is 385 g/mol. The van der Waals surface area contributed by atoms with E-state index in [0.717, 1.165) is 0 Å². The molecule has 0 unspecified atom stereocenters. The maximum Gasteiger partial charge on any atom is 0.334 e. The quantitative estimate of drug-likeness (QED) is 0.714. The number of alkyl halides is 4. The van der Waals surface area contributed by atoms with Crippen molar-refractivity contribution in [2.75, 3.05) is 0 Å². The summed E-state index contributed by atoms with van der Waals surface area (Å²) in [5.74, 6) is -3.30. The van der Waals surface area contributed by atoms with Crippen molar-refractivity contribution in [1.29, 1.82) is 0 Å². The van der Waals surface area contributed by atoms with E-state index in [4.69, 9.17) is 79.8 Å². The van der Waals surface area contributed by atoms with Gasteiger partial charge in [0.25, 0.3) is 0 Å². The highest BCUT2D eigenvalue weighted by Crippen LogP contribution is 2.74. The Morgan fingerprint density at radius 1 is 0.789 bits per heavy atom. The fourth-order valence-electron chi connectivity index (χ4n) is 2.20. The van der Waals surface area contributed by atoms with Gasteiger partial charge >= 0.3 is 11.9 Å². The first-order chi connectivity index (χ1) is 8.45. The van der Waals surface area contributed by atoms with Gasteiger partial charge in [-0.3, -0.25) is 0 Å². The van der Waals surface area contributed by atoms with Gasteiger partial charge in [-0.05, 0) is 0 Å². The fourth-order valence-corrected chi connectivity index (χ4v) is 4.88. The normalized spacial score (nSPS) is 36.1. The van der Waals surface area contributed by atoms with Gasteiger partial charge in [0, 0.05) is 0 Å². The molecule has 0 fully saturated rings. The third kappa shape index (κ3) is 1.40. The maximum absolute atomic E-state index is 11.3. The van der Waals surface area contributed by atoms with Gasteiger partial charge in [-0.25, -0.2) is 9.59 Å². The van der Waals surface area contributed by atoms with Crippen LogP contribution in [0.1, 0.15) is 0 Å². The van der Waals surface area contributed by atoms with E-state index >= 15 is 0 Å². The standard InChI is InChI=1S/C9H2Cl6O4/c10-3-4(11)8(13)2(6(18)19)1(5(16)17)7(3,12)9(8,14)15/h(H,16,17)(H,18,19)/t7-,8-/m1/s1. The predicted octanol–water partition coefficient (Wildman–Crippen LogP) is 3.30. The van der Waals surface area contributed by atoms with Crippen LogP contribution in [0.5, 0.6) is 0 Å². The van der Waals surface area contributed by atoms with Crippen LogP contribution in [0.4, 0.5) is 0 Å². The second kappa shape index (κ2) is 4.09. The van der Waals surface area contributed by atoms with Crippen molar-refractivity contribution in [2.24, 2.45) is 0 Å². The zero-order chi connectivity index (χ0) is 15.0. The zero-order valence-corrected chi connectivity index (χ0v) is 13.0. The Hall–Kier alpha value is 0.160. The van der Waals surface area contributed by atoms with Gasteiger partial charge < -0.3 is 10.2 Å². The monoisotopic (exact) mass is 384 g/mol. The van der Waals surface area contributed by atoms with Crippen molar-refractivity contribution in [3.63, 3.8) is 0 Å². The van der Waals surface area contributed by atoms with Crippen LogP contribution >= 0.6 is 69.6 Å². The Morgan fingerprint density at radius 3 is 1.26 bits per heavy atom. The lowest BCUT2D eigenvalue weighted by molar-refractivity contribution is -0.136. The molecule has 0 spiro atoms. The Kier molecular flexibility index (Phi) is 3.35. The molecule has 2 N–H and O–H groups in total. The van der Waals surface area contributed by atoms with E-state index in [9.17, 15) is 9.59 Å². The Balaban J connectivity index is 2.95. The van der Waals surface area contributed by atoms with Gasteiger partial charge in [-0.1, -0.05) is 46.4 Å². The fraction of sp³-hybridized carbons (Fsp3) is 0.333. The average molecular weight is 387 g/mol. The topological polar surface area (TPSA) is 74.6 Å². The number of halogens is 6. The van der Waals surface area contributed by atoms with Crippen LogP contribution < -0.4 is 0 Å². The summed E-state index contributed by atoms with van der Waals surface area (Å²) in [6.45, 7) is 0. The van der Waals surface area contributed by atoms with E-state index in [2.05, 4.69) is 0 Å². The maximum atomic E-state index is 11.3. The highest BCUT2D eigenvalue weighted by molar-refractivity contribution is 6.68.